The Labute approximate surface area is 141 Å². The summed E-state index contributed by atoms with van der Waals surface area (Å²) in [6.45, 7) is 0. The van der Waals surface area contributed by atoms with E-state index in [4.69, 9.17) is 5.73 Å². The third-order valence-corrected chi connectivity index (χ3v) is 4.18. The van der Waals surface area contributed by atoms with Crippen molar-refractivity contribution in [3.05, 3.63) is 97.2 Å². The largest absolute Gasteiger partial charge is 0.397 e. The van der Waals surface area contributed by atoms with E-state index in [1.165, 1.54) is 0 Å². The molecule has 116 valence electrons. The lowest BCUT2D eigenvalue weighted by molar-refractivity contribution is 1.09. The maximum absolute atomic E-state index is 6.43. The lowest BCUT2D eigenvalue weighted by Crippen LogP contribution is -1.95. The summed E-state index contributed by atoms with van der Waals surface area (Å²) in [6, 6.07) is 31.0. The van der Waals surface area contributed by atoms with Gasteiger partial charge in [-0.1, -0.05) is 78.9 Å². The first-order chi connectivity index (χ1) is 11.8. The van der Waals surface area contributed by atoms with Crippen molar-refractivity contribution in [2.24, 2.45) is 0 Å². The molecule has 3 aromatic carbocycles. The summed E-state index contributed by atoms with van der Waals surface area (Å²) in [4.78, 5) is 0. The molecule has 2 heteroatoms. The van der Waals surface area contributed by atoms with Crippen molar-refractivity contribution in [3.8, 4) is 28.1 Å². The second-order valence-corrected chi connectivity index (χ2v) is 5.75. The van der Waals surface area contributed by atoms with E-state index in [9.17, 15) is 0 Å². The summed E-state index contributed by atoms with van der Waals surface area (Å²) in [6.07, 6.45) is 2.01. The molecule has 0 bridgehead atoms. The van der Waals surface area contributed by atoms with Gasteiger partial charge in [-0.3, -0.25) is 0 Å². The van der Waals surface area contributed by atoms with Crippen LogP contribution in [-0.4, -0.2) is 4.57 Å². The highest BCUT2D eigenvalue weighted by Crippen LogP contribution is 2.39. The van der Waals surface area contributed by atoms with Crippen molar-refractivity contribution >= 4 is 5.69 Å². The third kappa shape index (κ3) is 2.48. The van der Waals surface area contributed by atoms with Gasteiger partial charge in [0.2, 0.25) is 0 Å². The Morgan fingerprint density at radius 3 is 1.67 bits per heavy atom. The van der Waals surface area contributed by atoms with Crippen molar-refractivity contribution in [1.29, 1.82) is 0 Å². The Balaban J connectivity index is 2.03. The minimum atomic E-state index is 0.781. The molecule has 0 aliphatic heterocycles. The first-order valence-electron chi connectivity index (χ1n) is 8.01. The molecule has 0 aliphatic carbocycles. The fourth-order valence-corrected chi connectivity index (χ4v) is 3.11. The summed E-state index contributed by atoms with van der Waals surface area (Å²) in [7, 11) is 0. The number of aromatic nitrogens is 1. The summed E-state index contributed by atoms with van der Waals surface area (Å²) in [5.41, 5.74) is 12.8. The van der Waals surface area contributed by atoms with Crippen molar-refractivity contribution in [3.63, 3.8) is 0 Å². The molecular formula is C22H18N2. The Hall–Kier alpha value is -3.26. The zero-order valence-corrected chi connectivity index (χ0v) is 13.3. The van der Waals surface area contributed by atoms with Crippen molar-refractivity contribution in [2.45, 2.75) is 0 Å². The molecule has 0 amide bonds. The Morgan fingerprint density at radius 2 is 1.08 bits per heavy atom. The smallest absolute Gasteiger partial charge is 0.0628 e. The van der Waals surface area contributed by atoms with Gasteiger partial charge < -0.3 is 10.3 Å². The SMILES string of the molecule is Nc1cn(-c2ccccc2)c(-c2ccccc2)c1-c1ccccc1. The number of nitrogens with zero attached hydrogens (tertiary/aromatic N) is 1. The summed E-state index contributed by atoms with van der Waals surface area (Å²) >= 11 is 0. The van der Waals surface area contributed by atoms with Gasteiger partial charge in [0.15, 0.2) is 0 Å². The monoisotopic (exact) mass is 310 g/mol. The average molecular weight is 310 g/mol. The van der Waals surface area contributed by atoms with E-state index in [2.05, 4.69) is 53.1 Å². The number of hydrogen-bond acceptors (Lipinski definition) is 1. The van der Waals surface area contributed by atoms with Gasteiger partial charge in [0.05, 0.1) is 11.4 Å². The number of nitrogen functional groups attached to an aromatic ring is 1. The lowest BCUT2D eigenvalue weighted by Gasteiger charge is -2.12. The first-order valence-corrected chi connectivity index (χ1v) is 8.01. The normalized spacial score (nSPS) is 10.7. The predicted octanol–water partition coefficient (Wildman–Crippen LogP) is 5.39. The van der Waals surface area contributed by atoms with E-state index < -0.39 is 0 Å². The number of nitrogens with two attached hydrogens (primary N) is 1. The number of para-hydroxylation sites is 1. The van der Waals surface area contributed by atoms with Gasteiger partial charge >= 0.3 is 0 Å². The lowest BCUT2D eigenvalue weighted by atomic mass is 10.00. The summed E-state index contributed by atoms with van der Waals surface area (Å²) in [5, 5.41) is 0. The van der Waals surface area contributed by atoms with Crippen molar-refractivity contribution in [2.75, 3.05) is 5.73 Å². The molecule has 0 saturated carbocycles. The molecule has 0 fully saturated rings. The number of hydrogen-bond donors (Lipinski definition) is 1. The van der Waals surface area contributed by atoms with Crippen LogP contribution in [0.5, 0.6) is 0 Å². The highest BCUT2D eigenvalue weighted by molar-refractivity contribution is 5.91. The molecule has 0 saturated heterocycles. The van der Waals surface area contributed by atoms with Crippen LogP contribution in [-0.2, 0) is 0 Å². The number of rotatable bonds is 3. The molecular weight excluding hydrogens is 292 g/mol. The zero-order chi connectivity index (χ0) is 16.4. The van der Waals surface area contributed by atoms with Gasteiger partial charge in [-0.2, -0.15) is 0 Å². The molecule has 2 N–H and O–H groups in total. The topological polar surface area (TPSA) is 30.9 Å². The minimum Gasteiger partial charge on any atom is -0.397 e. The highest BCUT2D eigenvalue weighted by atomic mass is 15.0. The quantitative estimate of drug-likeness (QED) is 0.540. The molecule has 0 unspecified atom stereocenters. The molecule has 1 aromatic heterocycles. The van der Waals surface area contributed by atoms with Crippen LogP contribution in [0, 0.1) is 0 Å². The van der Waals surface area contributed by atoms with Gasteiger partial charge in [-0.15, -0.1) is 0 Å². The van der Waals surface area contributed by atoms with Gasteiger partial charge in [0.25, 0.3) is 0 Å². The van der Waals surface area contributed by atoms with Gasteiger partial charge in [-0.25, -0.2) is 0 Å². The van der Waals surface area contributed by atoms with E-state index in [-0.39, 0.29) is 0 Å². The molecule has 0 radical (unpaired) electrons. The van der Waals surface area contributed by atoms with Crippen LogP contribution in [0.1, 0.15) is 0 Å². The Morgan fingerprint density at radius 1 is 0.583 bits per heavy atom. The van der Waals surface area contributed by atoms with Crippen LogP contribution in [0.3, 0.4) is 0 Å². The van der Waals surface area contributed by atoms with E-state index in [1.807, 2.05) is 48.7 Å². The second-order valence-electron chi connectivity index (χ2n) is 5.75. The molecule has 4 rings (SSSR count). The molecule has 4 aromatic rings. The van der Waals surface area contributed by atoms with Crippen molar-refractivity contribution in [1.82, 2.24) is 4.57 Å². The van der Waals surface area contributed by atoms with Crippen LogP contribution in [0.25, 0.3) is 28.1 Å². The Bertz CT molecular complexity index is 939. The van der Waals surface area contributed by atoms with Crippen LogP contribution in [0.15, 0.2) is 97.2 Å². The van der Waals surface area contributed by atoms with E-state index in [0.29, 0.717) is 0 Å². The van der Waals surface area contributed by atoms with Crippen LogP contribution in [0.2, 0.25) is 0 Å². The van der Waals surface area contributed by atoms with Crippen LogP contribution < -0.4 is 5.73 Å². The molecule has 24 heavy (non-hydrogen) atoms. The van der Waals surface area contributed by atoms with Gasteiger partial charge in [0.1, 0.15) is 0 Å². The van der Waals surface area contributed by atoms with Crippen LogP contribution in [0.4, 0.5) is 5.69 Å². The zero-order valence-electron chi connectivity index (χ0n) is 13.3. The first kappa shape index (κ1) is 14.3. The molecule has 0 spiro atoms. The second kappa shape index (κ2) is 6.09. The van der Waals surface area contributed by atoms with Crippen molar-refractivity contribution < 1.29 is 0 Å². The molecule has 0 aliphatic rings. The predicted molar refractivity (Wildman–Crippen MR) is 101 cm³/mol. The van der Waals surface area contributed by atoms with Gasteiger partial charge in [-0.05, 0) is 23.3 Å². The standard InChI is InChI=1S/C22H18N2/c23-20-16-24(19-14-8-3-9-15-19)22(18-12-6-2-7-13-18)21(20)17-10-4-1-5-11-17/h1-16H,23H2. The maximum atomic E-state index is 6.43. The number of benzene rings is 3. The van der Waals surface area contributed by atoms with E-state index in [1.54, 1.807) is 0 Å². The minimum absolute atomic E-state index is 0.781. The molecule has 1 heterocycles. The number of anilines is 1. The van der Waals surface area contributed by atoms with E-state index in [0.717, 1.165) is 33.8 Å². The Kier molecular flexibility index (Phi) is 3.64. The highest BCUT2D eigenvalue weighted by Gasteiger charge is 2.18. The summed E-state index contributed by atoms with van der Waals surface area (Å²) in [5.74, 6) is 0. The molecule has 0 atom stereocenters. The molecule has 2 nitrogen and oxygen atoms in total. The maximum Gasteiger partial charge on any atom is 0.0628 e. The summed E-state index contributed by atoms with van der Waals surface area (Å²) < 4.78 is 2.17. The van der Waals surface area contributed by atoms with E-state index >= 15 is 0 Å². The third-order valence-electron chi connectivity index (χ3n) is 4.18. The van der Waals surface area contributed by atoms with Gasteiger partial charge in [0, 0.05) is 17.4 Å². The fraction of sp³-hybridized carbons (Fsp3) is 0. The van der Waals surface area contributed by atoms with Crippen LogP contribution >= 0.6 is 0 Å². The average Bonchev–Trinajstić information content (AvgIpc) is 3.01. The fourth-order valence-electron chi connectivity index (χ4n) is 3.11.